The van der Waals surface area contributed by atoms with Gasteiger partial charge in [-0.25, -0.2) is 0 Å². The highest BCUT2D eigenvalue weighted by atomic mass is 35.5. The highest BCUT2D eigenvalue weighted by molar-refractivity contribution is 6.42. The molecule has 16 heavy (non-hydrogen) atoms. The molecule has 0 aliphatic rings. The summed E-state index contributed by atoms with van der Waals surface area (Å²) in [5.74, 6) is -0.942. The molecule has 0 aromatic heterocycles. The van der Waals surface area contributed by atoms with Gasteiger partial charge in [0.2, 0.25) is 0 Å². The van der Waals surface area contributed by atoms with Crippen molar-refractivity contribution >= 4 is 29.2 Å². The standard InChI is InChI=1S/C12H12Cl2O2/c1-2-3-8(7-12(15)16)9-4-5-10(13)11(14)6-9/h2,4-6,8H,1,3,7H2,(H,15,16). The summed E-state index contributed by atoms with van der Waals surface area (Å²) in [5.41, 5.74) is 0.872. The zero-order chi connectivity index (χ0) is 12.1. The molecule has 0 bridgehead atoms. The van der Waals surface area contributed by atoms with Crippen LogP contribution in [0.1, 0.15) is 24.3 Å². The van der Waals surface area contributed by atoms with Crippen LogP contribution in [-0.2, 0) is 4.79 Å². The zero-order valence-corrected chi connectivity index (χ0v) is 10.1. The van der Waals surface area contributed by atoms with Crippen molar-refractivity contribution in [3.05, 3.63) is 46.5 Å². The van der Waals surface area contributed by atoms with Gasteiger partial charge in [0.1, 0.15) is 0 Å². The van der Waals surface area contributed by atoms with Gasteiger partial charge in [-0.2, -0.15) is 0 Å². The zero-order valence-electron chi connectivity index (χ0n) is 8.62. The SMILES string of the molecule is C=CCC(CC(=O)O)c1ccc(Cl)c(Cl)c1. The molecule has 1 N–H and O–H groups in total. The second-order valence-electron chi connectivity index (χ2n) is 3.49. The highest BCUT2D eigenvalue weighted by Crippen LogP contribution is 2.30. The summed E-state index contributed by atoms with van der Waals surface area (Å²) in [6.45, 7) is 3.62. The molecule has 0 amide bonds. The van der Waals surface area contributed by atoms with E-state index in [0.29, 0.717) is 16.5 Å². The molecule has 2 nitrogen and oxygen atoms in total. The summed E-state index contributed by atoms with van der Waals surface area (Å²) in [5, 5.41) is 9.72. The van der Waals surface area contributed by atoms with Crippen molar-refractivity contribution in [3.8, 4) is 0 Å². The van der Waals surface area contributed by atoms with Gasteiger partial charge in [-0.1, -0.05) is 35.3 Å². The molecule has 0 fully saturated rings. The third-order valence-corrected chi connectivity index (χ3v) is 3.03. The molecule has 1 atom stereocenters. The lowest BCUT2D eigenvalue weighted by Crippen LogP contribution is -2.05. The first-order valence-corrected chi connectivity index (χ1v) is 5.57. The molecule has 0 radical (unpaired) electrons. The van der Waals surface area contributed by atoms with Gasteiger partial charge >= 0.3 is 5.97 Å². The molecule has 4 heteroatoms. The molecule has 0 heterocycles. The Bertz CT molecular complexity index is 402. The summed E-state index contributed by atoms with van der Waals surface area (Å²) in [6, 6.07) is 5.18. The van der Waals surface area contributed by atoms with E-state index in [9.17, 15) is 4.79 Å². The molecule has 0 aliphatic carbocycles. The number of carboxylic acid groups (broad SMARTS) is 1. The number of aliphatic carboxylic acids is 1. The van der Waals surface area contributed by atoms with Crippen LogP contribution in [0.2, 0.25) is 10.0 Å². The molecule has 0 saturated heterocycles. The van der Waals surface area contributed by atoms with Gasteiger partial charge in [-0.15, -0.1) is 6.58 Å². The van der Waals surface area contributed by atoms with Crippen LogP contribution in [0.5, 0.6) is 0 Å². The smallest absolute Gasteiger partial charge is 0.303 e. The average Bonchev–Trinajstić information content (AvgIpc) is 2.21. The van der Waals surface area contributed by atoms with Crippen LogP contribution in [0.3, 0.4) is 0 Å². The van der Waals surface area contributed by atoms with Gasteiger partial charge < -0.3 is 5.11 Å². The van der Waals surface area contributed by atoms with E-state index in [2.05, 4.69) is 6.58 Å². The van der Waals surface area contributed by atoms with Crippen molar-refractivity contribution in [2.75, 3.05) is 0 Å². The van der Waals surface area contributed by atoms with E-state index in [1.807, 2.05) is 0 Å². The van der Waals surface area contributed by atoms with Crippen LogP contribution in [0.25, 0.3) is 0 Å². The summed E-state index contributed by atoms with van der Waals surface area (Å²) >= 11 is 11.7. The minimum Gasteiger partial charge on any atom is -0.481 e. The minimum absolute atomic E-state index is 0.0595. The van der Waals surface area contributed by atoms with Crippen molar-refractivity contribution in [2.45, 2.75) is 18.8 Å². The molecule has 1 aromatic carbocycles. The fourth-order valence-corrected chi connectivity index (χ4v) is 1.82. The van der Waals surface area contributed by atoms with Crippen LogP contribution in [-0.4, -0.2) is 11.1 Å². The minimum atomic E-state index is -0.835. The Morgan fingerprint density at radius 2 is 2.12 bits per heavy atom. The monoisotopic (exact) mass is 258 g/mol. The number of rotatable bonds is 5. The number of benzene rings is 1. The van der Waals surface area contributed by atoms with Crippen LogP contribution in [0.4, 0.5) is 0 Å². The van der Waals surface area contributed by atoms with Gasteiger partial charge in [0, 0.05) is 0 Å². The fourth-order valence-electron chi connectivity index (χ4n) is 1.52. The van der Waals surface area contributed by atoms with E-state index in [1.54, 1.807) is 24.3 Å². The van der Waals surface area contributed by atoms with Crippen LogP contribution in [0, 0.1) is 0 Å². The van der Waals surface area contributed by atoms with E-state index in [1.165, 1.54) is 0 Å². The number of hydrogen-bond acceptors (Lipinski definition) is 1. The molecule has 0 spiro atoms. The molecular weight excluding hydrogens is 247 g/mol. The van der Waals surface area contributed by atoms with Crippen molar-refractivity contribution < 1.29 is 9.90 Å². The maximum Gasteiger partial charge on any atom is 0.303 e. The van der Waals surface area contributed by atoms with Gasteiger partial charge in [0.15, 0.2) is 0 Å². The lowest BCUT2D eigenvalue weighted by Gasteiger charge is -2.13. The lowest BCUT2D eigenvalue weighted by atomic mass is 9.93. The fraction of sp³-hybridized carbons (Fsp3) is 0.250. The Kier molecular flexibility index (Phi) is 4.84. The molecule has 1 unspecified atom stereocenters. The first-order valence-electron chi connectivity index (χ1n) is 4.82. The van der Waals surface area contributed by atoms with Crippen molar-refractivity contribution in [2.24, 2.45) is 0 Å². The van der Waals surface area contributed by atoms with Gasteiger partial charge in [0.25, 0.3) is 0 Å². The number of hydrogen-bond donors (Lipinski definition) is 1. The van der Waals surface area contributed by atoms with E-state index in [4.69, 9.17) is 28.3 Å². The Balaban J connectivity index is 2.95. The Labute approximate surface area is 104 Å². The van der Waals surface area contributed by atoms with Crippen LogP contribution in [0.15, 0.2) is 30.9 Å². The predicted molar refractivity (Wildman–Crippen MR) is 66.3 cm³/mol. The largest absolute Gasteiger partial charge is 0.481 e. The van der Waals surface area contributed by atoms with Crippen molar-refractivity contribution in [1.29, 1.82) is 0 Å². The summed E-state index contributed by atoms with van der Waals surface area (Å²) in [6.07, 6.45) is 2.37. The molecular formula is C12H12Cl2O2. The maximum atomic E-state index is 10.7. The third kappa shape index (κ3) is 3.54. The summed E-state index contributed by atoms with van der Waals surface area (Å²) in [7, 11) is 0. The molecule has 1 rings (SSSR count). The highest BCUT2D eigenvalue weighted by Gasteiger charge is 2.15. The third-order valence-electron chi connectivity index (χ3n) is 2.29. The van der Waals surface area contributed by atoms with E-state index < -0.39 is 5.97 Å². The number of carbonyl (C=O) groups is 1. The quantitative estimate of drug-likeness (QED) is 0.807. The normalized spacial score (nSPS) is 12.1. The molecule has 1 aromatic rings. The molecule has 0 saturated carbocycles. The van der Waals surface area contributed by atoms with Crippen molar-refractivity contribution in [3.63, 3.8) is 0 Å². The first kappa shape index (κ1) is 13.1. The summed E-state index contributed by atoms with van der Waals surface area (Å²) < 4.78 is 0. The van der Waals surface area contributed by atoms with Gasteiger partial charge in [-0.05, 0) is 30.0 Å². The van der Waals surface area contributed by atoms with E-state index in [-0.39, 0.29) is 12.3 Å². The van der Waals surface area contributed by atoms with E-state index >= 15 is 0 Å². The Morgan fingerprint density at radius 1 is 1.44 bits per heavy atom. The van der Waals surface area contributed by atoms with Crippen LogP contribution >= 0.6 is 23.2 Å². The molecule has 86 valence electrons. The second-order valence-corrected chi connectivity index (χ2v) is 4.31. The van der Waals surface area contributed by atoms with Crippen molar-refractivity contribution in [1.82, 2.24) is 0 Å². The van der Waals surface area contributed by atoms with Gasteiger partial charge in [0.05, 0.1) is 16.5 Å². The molecule has 0 aliphatic heterocycles. The lowest BCUT2D eigenvalue weighted by molar-refractivity contribution is -0.137. The van der Waals surface area contributed by atoms with E-state index in [0.717, 1.165) is 5.56 Å². The number of halogens is 2. The number of carboxylic acids is 1. The van der Waals surface area contributed by atoms with Crippen LogP contribution < -0.4 is 0 Å². The topological polar surface area (TPSA) is 37.3 Å². The first-order chi connectivity index (χ1) is 7.54. The Hall–Kier alpha value is -0.990. The average molecular weight is 259 g/mol. The predicted octanol–water partition coefficient (Wildman–Crippen LogP) is 4.13. The second kappa shape index (κ2) is 5.92. The summed E-state index contributed by atoms with van der Waals surface area (Å²) in [4.78, 5) is 10.7. The van der Waals surface area contributed by atoms with Gasteiger partial charge in [-0.3, -0.25) is 4.79 Å². The maximum absolute atomic E-state index is 10.7. The Morgan fingerprint density at radius 3 is 2.62 bits per heavy atom. The number of allylic oxidation sites excluding steroid dienone is 1.